The van der Waals surface area contributed by atoms with E-state index in [2.05, 4.69) is 24.1 Å². The molecule has 1 amide bonds. The van der Waals surface area contributed by atoms with Crippen molar-refractivity contribution in [1.82, 2.24) is 4.90 Å². The van der Waals surface area contributed by atoms with Crippen molar-refractivity contribution in [2.75, 3.05) is 24.1 Å². The second-order valence-corrected chi connectivity index (χ2v) is 6.14. The SMILES string of the molecule is CC1CCN(CC(=O)Nc2ccc(N)cc2Cl)C(C)C1. The van der Waals surface area contributed by atoms with Crippen molar-refractivity contribution >= 4 is 28.9 Å². The van der Waals surface area contributed by atoms with E-state index in [-0.39, 0.29) is 5.91 Å². The molecule has 0 spiro atoms. The van der Waals surface area contributed by atoms with Crippen LogP contribution in [0.5, 0.6) is 0 Å². The summed E-state index contributed by atoms with van der Waals surface area (Å²) in [4.78, 5) is 14.3. The van der Waals surface area contributed by atoms with E-state index < -0.39 is 0 Å². The monoisotopic (exact) mass is 295 g/mol. The molecule has 2 atom stereocenters. The fourth-order valence-corrected chi connectivity index (χ4v) is 2.93. The summed E-state index contributed by atoms with van der Waals surface area (Å²) in [5, 5.41) is 3.32. The van der Waals surface area contributed by atoms with Crippen LogP contribution in [-0.4, -0.2) is 29.9 Å². The third-order valence-corrected chi connectivity index (χ3v) is 4.20. The van der Waals surface area contributed by atoms with Crippen molar-refractivity contribution in [2.24, 2.45) is 5.92 Å². The lowest BCUT2D eigenvalue weighted by atomic mass is 9.93. The van der Waals surface area contributed by atoms with Crippen LogP contribution in [0.15, 0.2) is 18.2 Å². The van der Waals surface area contributed by atoms with Gasteiger partial charge < -0.3 is 11.1 Å². The first-order chi connectivity index (χ1) is 9.45. The van der Waals surface area contributed by atoms with Crippen LogP contribution in [0.3, 0.4) is 0 Å². The largest absolute Gasteiger partial charge is 0.399 e. The molecular formula is C15H22ClN3O. The predicted octanol–water partition coefficient (Wildman–Crippen LogP) is 2.98. The van der Waals surface area contributed by atoms with Crippen LogP contribution in [0.2, 0.25) is 5.02 Å². The number of hydrogen-bond donors (Lipinski definition) is 2. The smallest absolute Gasteiger partial charge is 0.238 e. The number of nitrogens with one attached hydrogen (secondary N) is 1. The number of nitrogen functional groups attached to an aromatic ring is 1. The third kappa shape index (κ3) is 3.87. The molecule has 1 fully saturated rings. The molecule has 5 heteroatoms. The molecule has 20 heavy (non-hydrogen) atoms. The van der Waals surface area contributed by atoms with Crippen LogP contribution in [0.4, 0.5) is 11.4 Å². The number of rotatable bonds is 3. The van der Waals surface area contributed by atoms with Gasteiger partial charge in [0.2, 0.25) is 5.91 Å². The highest BCUT2D eigenvalue weighted by Crippen LogP contribution is 2.25. The molecule has 3 N–H and O–H groups in total. The van der Waals surface area contributed by atoms with Crippen LogP contribution >= 0.6 is 11.6 Å². The summed E-state index contributed by atoms with van der Waals surface area (Å²) in [5.74, 6) is 0.717. The Morgan fingerprint density at radius 3 is 2.90 bits per heavy atom. The fraction of sp³-hybridized carbons (Fsp3) is 0.533. The number of nitrogens with two attached hydrogens (primary N) is 1. The van der Waals surface area contributed by atoms with E-state index in [0.29, 0.717) is 29.0 Å². The van der Waals surface area contributed by atoms with E-state index in [9.17, 15) is 4.79 Å². The average Bonchev–Trinajstić information content (AvgIpc) is 2.36. The number of piperidine rings is 1. The summed E-state index contributed by atoms with van der Waals surface area (Å²) in [6.45, 7) is 5.83. The second kappa shape index (κ2) is 6.46. The number of likely N-dealkylation sites (tertiary alicyclic amines) is 1. The Balaban J connectivity index is 1.92. The summed E-state index contributed by atoms with van der Waals surface area (Å²) < 4.78 is 0. The number of halogens is 1. The van der Waals surface area contributed by atoms with Crippen LogP contribution < -0.4 is 11.1 Å². The zero-order chi connectivity index (χ0) is 14.7. The maximum absolute atomic E-state index is 12.1. The molecule has 2 rings (SSSR count). The highest BCUT2D eigenvalue weighted by Gasteiger charge is 2.24. The van der Waals surface area contributed by atoms with Crippen molar-refractivity contribution < 1.29 is 4.79 Å². The van der Waals surface area contributed by atoms with Gasteiger partial charge >= 0.3 is 0 Å². The van der Waals surface area contributed by atoms with Gasteiger partial charge in [-0.1, -0.05) is 18.5 Å². The van der Waals surface area contributed by atoms with Gasteiger partial charge in [0.25, 0.3) is 0 Å². The maximum Gasteiger partial charge on any atom is 0.238 e. The summed E-state index contributed by atoms with van der Waals surface area (Å²) in [6.07, 6.45) is 2.30. The lowest BCUT2D eigenvalue weighted by Crippen LogP contribution is -2.44. The molecule has 1 aliphatic heterocycles. The molecule has 2 unspecified atom stereocenters. The van der Waals surface area contributed by atoms with Gasteiger partial charge in [0.05, 0.1) is 17.3 Å². The van der Waals surface area contributed by atoms with Gasteiger partial charge in [0, 0.05) is 11.7 Å². The lowest BCUT2D eigenvalue weighted by Gasteiger charge is -2.35. The van der Waals surface area contributed by atoms with Crippen molar-refractivity contribution in [3.8, 4) is 0 Å². The highest BCUT2D eigenvalue weighted by molar-refractivity contribution is 6.34. The first kappa shape index (κ1) is 15.1. The first-order valence-electron chi connectivity index (χ1n) is 7.04. The van der Waals surface area contributed by atoms with E-state index in [0.717, 1.165) is 25.3 Å². The minimum atomic E-state index is -0.0296. The van der Waals surface area contributed by atoms with Crippen molar-refractivity contribution in [2.45, 2.75) is 32.7 Å². The van der Waals surface area contributed by atoms with E-state index >= 15 is 0 Å². The predicted molar refractivity (Wildman–Crippen MR) is 83.9 cm³/mol. The van der Waals surface area contributed by atoms with Crippen molar-refractivity contribution in [1.29, 1.82) is 0 Å². The Morgan fingerprint density at radius 1 is 1.50 bits per heavy atom. The number of carbonyl (C=O) groups is 1. The third-order valence-electron chi connectivity index (χ3n) is 3.89. The van der Waals surface area contributed by atoms with Crippen LogP contribution in [0.1, 0.15) is 26.7 Å². The molecule has 1 aliphatic rings. The summed E-state index contributed by atoms with van der Waals surface area (Å²) >= 11 is 6.06. The zero-order valence-electron chi connectivity index (χ0n) is 12.0. The molecule has 1 saturated heterocycles. The van der Waals surface area contributed by atoms with E-state index in [1.165, 1.54) is 0 Å². The van der Waals surface area contributed by atoms with Gasteiger partial charge in [0.1, 0.15) is 0 Å². The fourth-order valence-electron chi connectivity index (χ4n) is 2.70. The standard InChI is InChI=1S/C15H22ClN3O/c1-10-5-6-19(11(2)7-10)9-15(20)18-14-4-3-12(17)8-13(14)16/h3-4,8,10-11H,5-7,9,17H2,1-2H3,(H,18,20). The topological polar surface area (TPSA) is 58.4 Å². The molecular weight excluding hydrogens is 274 g/mol. The lowest BCUT2D eigenvalue weighted by molar-refractivity contribution is -0.118. The Morgan fingerprint density at radius 2 is 2.25 bits per heavy atom. The summed E-state index contributed by atoms with van der Waals surface area (Å²) in [7, 11) is 0. The quantitative estimate of drug-likeness (QED) is 0.843. The Kier molecular flexibility index (Phi) is 4.89. The van der Waals surface area contributed by atoms with Crippen LogP contribution in [0, 0.1) is 5.92 Å². The van der Waals surface area contributed by atoms with Crippen molar-refractivity contribution in [3.63, 3.8) is 0 Å². The van der Waals surface area contributed by atoms with Crippen LogP contribution in [0.25, 0.3) is 0 Å². The number of carbonyl (C=O) groups excluding carboxylic acids is 1. The molecule has 0 radical (unpaired) electrons. The molecule has 0 aromatic heterocycles. The normalized spacial score (nSPS) is 23.6. The number of nitrogens with zero attached hydrogens (tertiary/aromatic N) is 1. The first-order valence-corrected chi connectivity index (χ1v) is 7.42. The number of benzene rings is 1. The summed E-state index contributed by atoms with van der Waals surface area (Å²) in [5.41, 5.74) is 6.84. The van der Waals surface area contributed by atoms with Gasteiger partial charge in [-0.05, 0) is 50.4 Å². The molecule has 110 valence electrons. The second-order valence-electron chi connectivity index (χ2n) is 5.74. The molecule has 4 nitrogen and oxygen atoms in total. The average molecular weight is 296 g/mol. The van der Waals surface area contributed by atoms with Crippen LogP contribution in [-0.2, 0) is 4.79 Å². The van der Waals surface area contributed by atoms with Gasteiger partial charge in [-0.15, -0.1) is 0 Å². The van der Waals surface area contributed by atoms with Gasteiger partial charge in [-0.3, -0.25) is 9.69 Å². The minimum Gasteiger partial charge on any atom is -0.399 e. The maximum atomic E-state index is 12.1. The molecule has 0 saturated carbocycles. The van der Waals surface area contributed by atoms with Gasteiger partial charge in [-0.2, -0.15) is 0 Å². The van der Waals surface area contributed by atoms with Crippen molar-refractivity contribution in [3.05, 3.63) is 23.2 Å². The molecule has 0 aliphatic carbocycles. The molecule has 0 bridgehead atoms. The summed E-state index contributed by atoms with van der Waals surface area (Å²) in [6, 6.07) is 5.55. The number of anilines is 2. The minimum absolute atomic E-state index is 0.0296. The van der Waals surface area contributed by atoms with E-state index in [1.54, 1.807) is 18.2 Å². The number of hydrogen-bond acceptors (Lipinski definition) is 3. The van der Waals surface area contributed by atoms with Gasteiger partial charge in [0.15, 0.2) is 0 Å². The molecule has 1 heterocycles. The Labute approximate surface area is 125 Å². The van der Waals surface area contributed by atoms with E-state index in [4.69, 9.17) is 17.3 Å². The highest BCUT2D eigenvalue weighted by atomic mass is 35.5. The Hall–Kier alpha value is -1.26. The van der Waals surface area contributed by atoms with Gasteiger partial charge in [-0.25, -0.2) is 0 Å². The zero-order valence-corrected chi connectivity index (χ0v) is 12.8. The Bertz CT molecular complexity index is 492. The molecule has 1 aromatic rings. The molecule has 1 aromatic carbocycles. The number of amides is 1. The van der Waals surface area contributed by atoms with E-state index in [1.807, 2.05) is 0 Å².